The summed E-state index contributed by atoms with van der Waals surface area (Å²) in [7, 11) is 0. The van der Waals surface area contributed by atoms with Gasteiger partial charge >= 0.3 is 6.36 Å². The number of carbonyl (C=O) groups is 1. The lowest BCUT2D eigenvalue weighted by Gasteiger charge is -2.13. The molecule has 128 valence electrons. The molecule has 5 nitrogen and oxygen atoms in total. The summed E-state index contributed by atoms with van der Waals surface area (Å²) in [6, 6.07) is 7.18. The highest BCUT2D eigenvalue weighted by molar-refractivity contribution is 5.78. The largest absolute Gasteiger partial charge is 0.573 e. The van der Waals surface area contributed by atoms with Gasteiger partial charge in [-0.05, 0) is 30.2 Å². The Morgan fingerprint density at radius 3 is 2.54 bits per heavy atom. The minimum Gasteiger partial charge on any atom is -0.406 e. The third-order valence-corrected chi connectivity index (χ3v) is 3.23. The summed E-state index contributed by atoms with van der Waals surface area (Å²) in [6.45, 7) is 2.04. The molecule has 2 rings (SSSR count). The zero-order chi connectivity index (χ0) is 17.6. The van der Waals surface area contributed by atoms with Gasteiger partial charge in [-0.2, -0.15) is 0 Å². The van der Waals surface area contributed by atoms with E-state index in [2.05, 4.69) is 20.0 Å². The quantitative estimate of drug-likeness (QED) is 0.879. The molecule has 0 aliphatic heterocycles. The van der Waals surface area contributed by atoms with Gasteiger partial charge in [0.1, 0.15) is 12.1 Å². The highest BCUT2D eigenvalue weighted by atomic mass is 19.4. The van der Waals surface area contributed by atoms with E-state index in [9.17, 15) is 18.0 Å². The van der Waals surface area contributed by atoms with Crippen molar-refractivity contribution < 1.29 is 22.7 Å². The predicted molar refractivity (Wildman–Crippen MR) is 79.9 cm³/mol. The maximum Gasteiger partial charge on any atom is 0.573 e. The van der Waals surface area contributed by atoms with Gasteiger partial charge in [0.05, 0.1) is 12.2 Å². The van der Waals surface area contributed by atoms with Gasteiger partial charge in [-0.1, -0.05) is 19.1 Å². The Kier molecular flexibility index (Phi) is 5.73. The highest BCUT2D eigenvalue weighted by Crippen LogP contribution is 2.23. The molecule has 1 aromatic heterocycles. The average Bonchev–Trinajstić information content (AvgIpc) is 2.54. The third kappa shape index (κ3) is 5.86. The fourth-order valence-electron chi connectivity index (χ4n) is 2.05. The molecule has 1 aromatic carbocycles. The molecule has 1 atom stereocenters. The summed E-state index contributed by atoms with van der Waals surface area (Å²) in [6.07, 6.45) is -1.32. The van der Waals surface area contributed by atoms with Crippen molar-refractivity contribution in [3.63, 3.8) is 0 Å². The fourth-order valence-corrected chi connectivity index (χ4v) is 2.05. The van der Waals surface area contributed by atoms with Gasteiger partial charge < -0.3 is 10.1 Å². The Morgan fingerprint density at radius 2 is 1.96 bits per heavy atom. The van der Waals surface area contributed by atoms with Crippen LogP contribution in [0.3, 0.4) is 0 Å². The second kappa shape index (κ2) is 7.76. The maximum atomic E-state index is 12.1. The van der Waals surface area contributed by atoms with Crippen LogP contribution < -0.4 is 10.1 Å². The Hall–Kier alpha value is -2.64. The molecule has 1 amide bonds. The van der Waals surface area contributed by atoms with E-state index < -0.39 is 6.36 Å². The van der Waals surface area contributed by atoms with Crippen molar-refractivity contribution in [1.29, 1.82) is 0 Å². The zero-order valence-corrected chi connectivity index (χ0v) is 12.9. The van der Waals surface area contributed by atoms with Gasteiger partial charge in [0, 0.05) is 12.1 Å². The molecule has 8 heteroatoms. The first kappa shape index (κ1) is 17.7. The van der Waals surface area contributed by atoms with Crippen LogP contribution in [0, 0.1) is 5.92 Å². The second-order valence-electron chi connectivity index (χ2n) is 5.22. The first-order valence-corrected chi connectivity index (χ1v) is 7.21. The summed E-state index contributed by atoms with van der Waals surface area (Å²) < 4.78 is 40.1. The maximum absolute atomic E-state index is 12.1. The molecule has 0 saturated heterocycles. The van der Waals surface area contributed by atoms with Gasteiger partial charge in [0.25, 0.3) is 0 Å². The van der Waals surface area contributed by atoms with Gasteiger partial charge in [-0.15, -0.1) is 13.2 Å². The van der Waals surface area contributed by atoms with Crippen molar-refractivity contribution in [3.05, 3.63) is 54.1 Å². The molecule has 0 radical (unpaired) electrons. The van der Waals surface area contributed by atoms with Crippen LogP contribution >= 0.6 is 0 Å². The van der Waals surface area contributed by atoms with Crippen molar-refractivity contribution >= 4 is 5.91 Å². The van der Waals surface area contributed by atoms with Crippen LogP contribution in [0.4, 0.5) is 13.2 Å². The zero-order valence-electron chi connectivity index (χ0n) is 12.9. The number of carbonyl (C=O) groups excluding carboxylic acids is 1. The Morgan fingerprint density at radius 1 is 1.25 bits per heavy atom. The smallest absolute Gasteiger partial charge is 0.406 e. The van der Waals surface area contributed by atoms with Crippen LogP contribution in [0.5, 0.6) is 5.75 Å². The number of ether oxygens (including phenoxy) is 1. The van der Waals surface area contributed by atoms with Gasteiger partial charge in [0.2, 0.25) is 5.91 Å². The minimum atomic E-state index is -4.71. The lowest BCUT2D eigenvalue weighted by atomic mass is 10.0. The number of halogens is 3. The number of rotatable bonds is 6. The van der Waals surface area contributed by atoms with Crippen molar-refractivity contribution in [3.8, 4) is 5.75 Å². The van der Waals surface area contributed by atoms with Crippen LogP contribution in [-0.4, -0.2) is 22.2 Å². The number of amides is 1. The summed E-state index contributed by atoms with van der Waals surface area (Å²) >= 11 is 0. The molecule has 0 aliphatic carbocycles. The van der Waals surface area contributed by atoms with Gasteiger partial charge in [0.15, 0.2) is 0 Å². The molecule has 0 aliphatic rings. The number of hydrogen-bond donors (Lipinski definition) is 1. The summed E-state index contributed by atoms with van der Waals surface area (Å²) in [5.41, 5.74) is 1.44. The van der Waals surface area contributed by atoms with E-state index in [1.54, 1.807) is 19.2 Å². The molecule has 1 N–H and O–H groups in total. The average molecular weight is 339 g/mol. The molecule has 0 fully saturated rings. The fraction of sp³-hybridized carbons (Fsp3) is 0.312. The Labute approximate surface area is 136 Å². The standard InChI is InChI=1S/C16H16F3N3O2/c1-11(15(23)21-9-13-6-7-20-10-22-13)8-12-2-4-14(5-3-12)24-16(17,18)19/h2-7,10-11H,8-9H2,1H3,(H,21,23). The van der Waals surface area contributed by atoms with Gasteiger partial charge in [-0.3, -0.25) is 4.79 Å². The molecule has 0 saturated carbocycles. The summed E-state index contributed by atoms with van der Waals surface area (Å²) in [5.74, 6) is -0.780. The van der Waals surface area contributed by atoms with E-state index in [0.29, 0.717) is 18.7 Å². The van der Waals surface area contributed by atoms with E-state index >= 15 is 0 Å². The molecule has 24 heavy (non-hydrogen) atoms. The van der Waals surface area contributed by atoms with E-state index in [-0.39, 0.29) is 17.6 Å². The molecular weight excluding hydrogens is 323 g/mol. The normalized spacial score (nSPS) is 12.5. The SMILES string of the molecule is CC(Cc1ccc(OC(F)(F)F)cc1)C(=O)NCc1ccncn1. The van der Waals surface area contributed by atoms with Crippen LogP contribution in [0.2, 0.25) is 0 Å². The molecule has 0 bridgehead atoms. The molecule has 1 unspecified atom stereocenters. The number of nitrogens with one attached hydrogen (secondary N) is 1. The van der Waals surface area contributed by atoms with E-state index in [4.69, 9.17) is 0 Å². The Balaban J connectivity index is 1.84. The van der Waals surface area contributed by atoms with E-state index in [0.717, 1.165) is 5.56 Å². The number of benzene rings is 1. The van der Waals surface area contributed by atoms with Crippen LogP contribution in [0.15, 0.2) is 42.9 Å². The number of hydrogen-bond acceptors (Lipinski definition) is 4. The van der Waals surface area contributed by atoms with Gasteiger partial charge in [-0.25, -0.2) is 9.97 Å². The van der Waals surface area contributed by atoms with Crippen LogP contribution in [0.1, 0.15) is 18.2 Å². The van der Waals surface area contributed by atoms with Crippen molar-refractivity contribution in [2.45, 2.75) is 26.3 Å². The summed E-state index contributed by atoms with van der Waals surface area (Å²) in [4.78, 5) is 19.8. The molecule has 1 heterocycles. The first-order valence-electron chi connectivity index (χ1n) is 7.21. The number of aromatic nitrogens is 2. The topological polar surface area (TPSA) is 64.1 Å². The molecule has 2 aromatic rings. The van der Waals surface area contributed by atoms with Crippen LogP contribution in [0.25, 0.3) is 0 Å². The van der Waals surface area contributed by atoms with Crippen molar-refractivity contribution in [2.75, 3.05) is 0 Å². The monoisotopic (exact) mass is 339 g/mol. The first-order chi connectivity index (χ1) is 11.3. The molecule has 0 spiro atoms. The Bertz CT molecular complexity index is 661. The third-order valence-electron chi connectivity index (χ3n) is 3.23. The van der Waals surface area contributed by atoms with Crippen LogP contribution in [-0.2, 0) is 17.8 Å². The lowest BCUT2D eigenvalue weighted by Crippen LogP contribution is -2.30. The molecular formula is C16H16F3N3O2. The second-order valence-corrected chi connectivity index (χ2v) is 5.22. The van der Waals surface area contributed by atoms with E-state index in [1.165, 1.54) is 30.6 Å². The van der Waals surface area contributed by atoms with Crippen molar-refractivity contribution in [1.82, 2.24) is 15.3 Å². The lowest BCUT2D eigenvalue weighted by molar-refractivity contribution is -0.274. The highest BCUT2D eigenvalue weighted by Gasteiger charge is 2.30. The number of alkyl halides is 3. The van der Waals surface area contributed by atoms with E-state index in [1.807, 2.05) is 0 Å². The predicted octanol–water partition coefficient (Wildman–Crippen LogP) is 2.87. The minimum absolute atomic E-state index is 0.163. The number of nitrogens with zero attached hydrogens (tertiary/aromatic N) is 2. The van der Waals surface area contributed by atoms with Crippen molar-refractivity contribution in [2.24, 2.45) is 5.92 Å². The summed E-state index contributed by atoms with van der Waals surface area (Å²) in [5, 5.41) is 2.76.